The largest absolute Gasteiger partial charge is 0.489 e. The summed E-state index contributed by atoms with van der Waals surface area (Å²) >= 11 is 0. The Hall–Kier alpha value is -3.47. The van der Waals surface area contributed by atoms with Gasteiger partial charge in [-0.1, -0.05) is 35.0 Å². The molecule has 0 N–H and O–H groups in total. The summed E-state index contributed by atoms with van der Waals surface area (Å²) in [6, 6.07) is 19.9. The fourth-order valence-corrected chi connectivity index (χ4v) is 2.97. The average molecular weight is 374 g/mol. The van der Waals surface area contributed by atoms with Crippen molar-refractivity contribution in [2.75, 3.05) is 0 Å². The molecule has 0 aliphatic heterocycles. The van der Waals surface area contributed by atoms with Crippen molar-refractivity contribution in [2.24, 2.45) is 0 Å². The minimum atomic E-state index is -0.302. The van der Waals surface area contributed by atoms with Crippen LogP contribution in [-0.2, 0) is 6.61 Å². The predicted molar refractivity (Wildman–Crippen MR) is 105 cm³/mol. The van der Waals surface area contributed by atoms with E-state index in [-0.39, 0.29) is 5.82 Å². The van der Waals surface area contributed by atoms with E-state index in [0.29, 0.717) is 23.9 Å². The molecule has 0 radical (unpaired) electrons. The molecule has 4 aromatic rings. The summed E-state index contributed by atoms with van der Waals surface area (Å²) in [6.45, 7) is 4.54. The third kappa shape index (κ3) is 3.93. The van der Waals surface area contributed by atoms with Gasteiger partial charge in [-0.3, -0.25) is 0 Å². The van der Waals surface area contributed by atoms with Gasteiger partial charge in [0.25, 0.3) is 5.89 Å². The van der Waals surface area contributed by atoms with E-state index in [1.807, 2.05) is 43.3 Å². The number of rotatable bonds is 5. The molecule has 0 atom stereocenters. The number of aryl methyl sites for hydroxylation is 2. The van der Waals surface area contributed by atoms with Crippen LogP contribution in [0.1, 0.15) is 16.7 Å². The van der Waals surface area contributed by atoms with E-state index in [2.05, 4.69) is 23.1 Å². The van der Waals surface area contributed by atoms with Crippen LogP contribution in [0.5, 0.6) is 5.75 Å². The molecule has 0 aliphatic carbocycles. The van der Waals surface area contributed by atoms with Crippen LogP contribution < -0.4 is 4.74 Å². The van der Waals surface area contributed by atoms with Crippen LogP contribution in [-0.4, -0.2) is 10.1 Å². The van der Waals surface area contributed by atoms with Crippen molar-refractivity contribution in [1.82, 2.24) is 10.1 Å². The Bertz CT molecular complexity index is 1100. The maximum Gasteiger partial charge on any atom is 0.258 e. The van der Waals surface area contributed by atoms with Crippen LogP contribution in [0, 0.1) is 19.7 Å². The molecule has 0 saturated heterocycles. The maximum absolute atomic E-state index is 13.1. The number of halogens is 1. The molecule has 0 bridgehead atoms. The first kappa shape index (κ1) is 17.9. The molecule has 4 nitrogen and oxygen atoms in total. The molecule has 0 amide bonds. The first-order valence-electron chi connectivity index (χ1n) is 8.97. The Morgan fingerprint density at radius 3 is 2.54 bits per heavy atom. The smallest absolute Gasteiger partial charge is 0.258 e. The minimum Gasteiger partial charge on any atom is -0.489 e. The Labute approximate surface area is 162 Å². The minimum absolute atomic E-state index is 0.302. The lowest BCUT2D eigenvalue weighted by atomic mass is 10.1. The second-order valence-corrected chi connectivity index (χ2v) is 6.69. The summed E-state index contributed by atoms with van der Waals surface area (Å²) in [4.78, 5) is 4.42. The van der Waals surface area contributed by atoms with Crippen molar-refractivity contribution < 1.29 is 13.7 Å². The number of ether oxygens (including phenoxy) is 1. The summed E-state index contributed by atoms with van der Waals surface area (Å²) in [7, 11) is 0. The van der Waals surface area contributed by atoms with Crippen LogP contribution in [0.25, 0.3) is 22.8 Å². The zero-order valence-corrected chi connectivity index (χ0v) is 15.6. The Morgan fingerprint density at radius 1 is 0.929 bits per heavy atom. The molecular formula is C23H19FN2O2. The lowest BCUT2D eigenvalue weighted by Crippen LogP contribution is -1.97. The van der Waals surface area contributed by atoms with Gasteiger partial charge in [-0.25, -0.2) is 4.39 Å². The molecule has 0 saturated carbocycles. The van der Waals surface area contributed by atoms with Crippen molar-refractivity contribution in [3.8, 4) is 28.6 Å². The van der Waals surface area contributed by atoms with Gasteiger partial charge in [-0.05, 0) is 67.4 Å². The molecule has 1 aromatic heterocycles. The van der Waals surface area contributed by atoms with Gasteiger partial charge in [0.2, 0.25) is 5.82 Å². The Morgan fingerprint density at radius 2 is 1.75 bits per heavy atom. The number of aromatic nitrogens is 2. The predicted octanol–water partition coefficient (Wildman–Crippen LogP) is 5.74. The highest BCUT2D eigenvalue weighted by molar-refractivity contribution is 5.60. The van der Waals surface area contributed by atoms with Crippen molar-refractivity contribution in [3.63, 3.8) is 0 Å². The summed E-state index contributed by atoms with van der Waals surface area (Å²) in [5.41, 5.74) is 4.82. The van der Waals surface area contributed by atoms with E-state index in [4.69, 9.17) is 9.26 Å². The molecule has 0 fully saturated rings. The topological polar surface area (TPSA) is 48.2 Å². The van der Waals surface area contributed by atoms with Gasteiger partial charge in [-0.2, -0.15) is 4.98 Å². The Balaban J connectivity index is 1.51. The van der Waals surface area contributed by atoms with E-state index >= 15 is 0 Å². The molecular weight excluding hydrogens is 355 g/mol. The molecule has 0 unspecified atom stereocenters. The van der Waals surface area contributed by atoms with Gasteiger partial charge >= 0.3 is 0 Å². The molecule has 0 aliphatic rings. The summed E-state index contributed by atoms with van der Waals surface area (Å²) < 4.78 is 24.4. The van der Waals surface area contributed by atoms with E-state index < -0.39 is 0 Å². The maximum atomic E-state index is 13.1. The fraction of sp³-hybridized carbons (Fsp3) is 0.130. The van der Waals surface area contributed by atoms with E-state index in [1.54, 1.807) is 12.1 Å². The number of hydrogen-bond acceptors (Lipinski definition) is 4. The number of benzene rings is 3. The zero-order chi connectivity index (χ0) is 19.5. The normalized spacial score (nSPS) is 10.8. The molecule has 3 aromatic carbocycles. The highest BCUT2D eigenvalue weighted by Gasteiger charge is 2.11. The first-order chi connectivity index (χ1) is 13.6. The van der Waals surface area contributed by atoms with Crippen LogP contribution in [0.15, 0.2) is 71.3 Å². The SMILES string of the molecule is Cc1ccc(OCc2cccc(-c3nc(-c4ccc(F)cc4)no3)c2)c(C)c1. The van der Waals surface area contributed by atoms with Crippen LogP contribution in [0.2, 0.25) is 0 Å². The summed E-state index contributed by atoms with van der Waals surface area (Å²) in [6.07, 6.45) is 0. The van der Waals surface area contributed by atoms with Gasteiger partial charge in [0.15, 0.2) is 0 Å². The monoisotopic (exact) mass is 374 g/mol. The van der Waals surface area contributed by atoms with Gasteiger partial charge in [-0.15, -0.1) is 0 Å². The first-order valence-corrected chi connectivity index (χ1v) is 8.97. The average Bonchev–Trinajstić information content (AvgIpc) is 3.18. The second kappa shape index (κ2) is 7.64. The third-order valence-electron chi connectivity index (χ3n) is 4.43. The second-order valence-electron chi connectivity index (χ2n) is 6.69. The Kier molecular flexibility index (Phi) is 4.89. The summed E-state index contributed by atoms with van der Waals surface area (Å²) in [5.74, 6) is 1.40. The molecule has 140 valence electrons. The van der Waals surface area contributed by atoms with E-state index in [0.717, 1.165) is 22.4 Å². The van der Waals surface area contributed by atoms with Gasteiger partial charge in [0.1, 0.15) is 18.2 Å². The molecule has 0 spiro atoms. The standard InChI is InChI=1S/C23H19FN2O2/c1-15-6-11-21(16(2)12-15)27-14-17-4-3-5-19(13-17)23-25-22(26-28-23)18-7-9-20(24)10-8-18/h3-13H,14H2,1-2H3. The summed E-state index contributed by atoms with van der Waals surface area (Å²) in [5, 5.41) is 4.00. The van der Waals surface area contributed by atoms with Crippen LogP contribution >= 0.6 is 0 Å². The van der Waals surface area contributed by atoms with Gasteiger partial charge in [0.05, 0.1) is 0 Å². The molecule has 4 rings (SSSR count). The fourth-order valence-electron chi connectivity index (χ4n) is 2.97. The molecule has 1 heterocycles. The van der Waals surface area contributed by atoms with E-state index in [1.165, 1.54) is 17.7 Å². The van der Waals surface area contributed by atoms with E-state index in [9.17, 15) is 4.39 Å². The van der Waals surface area contributed by atoms with Gasteiger partial charge in [0, 0.05) is 11.1 Å². The lowest BCUT2D eigenvalue weighted by Gasteiger charge is -2.10. The van der Waals surface area contributed by atoms with Crippen molar-refractivity contribution >= 4 is 0 Å². The highest BCUT2D eigenvalue weighted by atomic mass is 19.1. The van der Waals surface area contributed by atoms with Crippen molar-refractivity contribution in [2.45, 2.75) is 20.5 Å². The van der Waals surface area contributed by atoms with Crippen molar-refractivity contribution in [1.29, 1.82) is 0 Å². The highest BCUT2D eigenvalue weighted by Crippen LogP contribution is 2.24. The zero-order valence-electron chi connectivity index (χ0n) is 15.6. The van der Waals surface area contributed by atoms with Gasteiger partial charge < -0.3 is 9.26 Å². The third-order valence-corrected chi connectivity index (χ3v) is 4.43. The quantitative estimate of drug-likeness (QED) is 0.447. The van der Waals surface area contributed by atoms with Crippen LogP contribution in [0.3, 0.4) is 0 Å². The lowest BCUT2D eigenvalue weighted by molar-refractivity contribution is 0.304. The van der Waals surface area contributed by atoms with Crippen molar-refractivity contribution in [3.05, 3.63) is 89.2 Å². The molecule has 5 heteroatoms. The number of nitrogens with zero attached hydrogens (tertiary/aromatic N) is 2. The molecule has 28 heavy (non-hydrogen) atoms. The van der Waals surface area contributed by atoms with Crippen LogP contribution in [0.4, 0.5) is 4.39 Å². The number of hydrogen-bond donors (Lipinski definition) is 0.